The van der Waals surface area contributed by atoms with Crippen molar-refractivity contribution in [3.05, 3.63) is 53.9 Å². The van der Waals surface area contributed by atoms with E-state index >= 15 is 0 Å². The molecule has 110 valence electrons. The van der Waals surface area contributed by atoms with E-state index in [1.807, 2.05) is 37.3 Å². The van der Waals surface area contributed by atoms with Crippen LogP contribution in [0.5, 0.6) is 5.75 Å². The molecule has 1 aromatic heterocycles. The molecule has 2 amide bonds. The van der Waals surface area contributed by atoms with Crippen LogP contribution in [0.1, 0.15) is 11.1 Å². The minimum absolute atomic E-state index is 0.185. The Morgan fingerprint density at radius 1 is 1.29 bits per heavy atom. The Hall–Kier alpha value is -2.56. The molecule has 0 fully saturated rings. The van der Waals surface area contributed by atoms with Crippen LogP contribution in [0.3, 0.4) is 0 Å². The van der Waals surface area contributed by atoms with Crippen LogP contribution in [0.4, 0.5) is 10.5 Å². The van der Waals surface area contributed by atoms with Gasteiger partial charge in [0.25, 0.3) is 0 Å². The summed E-state index contributed by atoms with van der Waals surface area (Å²) in [6, 6.07) is 9.25. The fourth-order valence-corrected chi connectivity index (χ4v) is 1.96. The van der Waals surface area contributed by atoms with E-state index in [0.717, 1.165) is 11.1 Å². The highest BCUT2D eigenvalue weighted by Crippen LogP contribution is 2.25. The van der Waals surface area contributed by atoms with E-state index in [-0.39, 0.29) is 6.03 Å². The summed E-state index contributed by atoms with van der Waals surface area (Å²) in [5.74, 6) is 0.645. The molecule has 0 aliphatic heterocycles. The Labute approximate surface area is 124 Å². The summed E-state index contributed by atoms with van der Waals surface area (Å²) in [6.07, 6.45) is 3.43. The first-order valence-corrected chi connectivity index (χ1v) is 6.66. The van der Waals surface area contributed by atoms with Gasteiger partial charge in [-0.3, -0.25) is 4.98 Å². The summed E-state index contributed by atoms with van der Waals surface area (Å²) < 4.78 is 5.26. The number of carbonyl (C=O) groups is 1. The third kappa shape index (κ3) is 3.95. The summed E-state index contributed by atoms with van der Waals surface area (Å²) in [4.78, 5) is 17.8. The third-order valence-electron chi connectivity index (χ3n) is 3.11. The molecule has 0 radical (unpaired) electrons. The number of nitrogens with zero attached hydrogens (tertiary/aromatic N) is 2. The second kappa shape index (κ2) is 6.74. The number of pyridine rings is 1. The molecule has 0 saturated heterocycles. The number of anilines is 1. The lowest BCUT2D eigenvalue weighted by atomic mass is 10.2. The maximum atomic E-state index is 12.2. The molecule has 0 bridgehead atoms. The van der Waals surface area contributed by atoms with Gasteiger partial charge in [0.2, 0.25) is 0 Å². The third-order valence-corrected chi connectivity index (χ3v) is 3.11. The Bertz CT molecular complexity index is 614. The summed E-state index contributed by atoms with van der Waals surface area (Å²) in [6.45, 7) is 2.48. The number of methoxy groups -OCH3 is 1. The topological polar surface area (TPSA) is 54.5 Å². The molecule has 1 heterocycles. The Morgan fingerprint density at radius 2 is 2.00 bits per heavy atom. The van der Waals surface area contributed by atoms with Crippen molar-refractivity contribution in [3.8, 4) is 5.75 Å². The lowest BCUT2D eigenvalue weighted by Crippen LogP contribution is -2.31. The van der Waals surface area contributed by atoms with E-state index in [1.54, 1.807) is 31.5 Å². The van der Waals surface area contributed by atoms with Gasteiger partial charge in [-0.25, -0.2) is 4.79 Å². The van der Waals surface area contributed by atoms with Crippen molar-refractivity contribution >= 4 is 11.7 Å². The molecule has 2 aromatic rings. The monoisotopic (exact) mass is 285 g/mol. The zero-order valence-electron chi connectivity index (χ0n) is 12.5. The number of ether oxygens (including phenoxy) is 1. The summed E-state index contributed by atoms with van der Waals surface area (Å²) in [5.41, 5.74) is 2.76. The fraction of sp³-hybridized carbons (Fsp3) is 0.250. The largest absolute Gasteiger partial charge is 0.495 e. The predicted molar refractivity (Wildman–Crippen MR) is 82.5 cm³/mol. The van der Waals surface area contributed by atoms with E-state index in [2.05, 4.69) is 10.3 Å². The molecule has 0 unspecified atom stereocenters. The van der Waals surface area contributed by atoms with Crippen molar-refractivity contribution in [1.82, 2.24) is 9.88 Å². The average Bonchev–Trinajstić information content (AvgIpc) is 2.48. The SMILES string of the molecule is COc1ccc(C)cc1NC(=O)N(C)Cc1ccncc1. The van der Waals surface area contributed by atoms with Gasteiger partial charge in [0, 0.05) is 26.0 Å². The molecule has 21 heavy (non-hydrogen) atoms. The van der Waals surface area contributed by atoms with Gasteiger partial charge in [-0.05, 0) is 42.3 Å². The number of benzene rings is 1. The van der Waals surface area contributed by atoms with Crippen LogP contribution in [0.25, 0.3) is 0 Å². The van der Waals surface area contributed by atoms with Crippen LogP contribution in [0.2, 0.25) is 0 Å². The second-order valence-electron chi connectivity index (χ2n) is 4.85. The summed E-state index contributed by atoms with van der Waals surface area (Å²) >= 11 is 0. The number of rotatable bonds is 4. The van der Waals surface area contributed by atoms with Gasteiger partial charge in [-0.1, -0.05) is 6.07 Å². The summed E-state index contributed by atoms with van der Waals surface area (Å²) in [5, 5.41) is 2.87. The van der Waals surface area contributed by atoms with Crippen molar-refractivity contribution in [2.75, 3.05) is 19.5 Å². The quantitative estimate of drug-likeness (QED) is 0.939. The van der Waals surface area contributed by atoms with Crippen LogP contribution in [0, 0.1) is 6.92 Å². The molecule has 1 aromatic carbocycles. The Kier molecular flexibility index (Phi) is 4.77. The molecule has 1 N–H and O–H groups in total. The fourth-order valence-electron chi connectivity index (χ4n) is 1.96. The molecule has 0 aliphatic rings. The van der Waals surface area contributed by atoms with Crippen molar-refractivity contribution in [3.63, 3.8) is 0 Å². The smallest absolute Gasteiger partial charge is 0.321 e. The van der Waals surface area contributed by atoms with Crippen LogP contribution in [0.15, 0.2) is 42.7 Å². The van der Waals surface area contributed by atoms with E-state index in [4.69, 9.17) is 4.74 Å². The molecule has 5 heteroatoms. The molecule has 0 aliphatic carbocycles. The first-order valence-electron chi connectivity index (χ1n) is 6.66. The Balaban J connectivity index is 2.05. The minimum atomic E-state index is -0.185. The normalized spacial score (nSPS) is 10.0. The molecular formula is C16H19N3O2. The van der Waals surface area contributed by atoms with Gasteiger partial charge in [0.05, 0.1) is 12.8 Å². The second-order valence-corrected chi connectivity index (χ2v) is 4.85. The lowest BCUT2D eigenvalue weighted by molar-refractivity contribution is 0.220. The Morgan fingerprint density at radius 3 is 2.67 bits per heavy atom. The van der Waals surface area contributed by atoms with Crippen LogP contribution >= 0.6 is 0 Å². The van der Waals surface area contributed by atoms with Crippen molar-refractivity contribution in [1.29, 1.82) is 0 Å². The number of hydrogen-bond acceptors (Lipinski definition) is 3. The number of amides is 2. The van der Waals surface area contributed by atoms with Gasteiger partial charge in [-0.2, -0.15) is 0 Å². The molecule has 0 atom stereocenters. The number of hydrogen-bond donors (Lipinski definition) is 1. The summed E-state index contributed by atoms with van der Waals surface area (Å²) in [7, 11) is 3.33. The zero-order chi connectivity index (χ0) is 15.2. The number of carbonyl (C=O) groups excluding carboxylic acids is 1. The number of aryl methyl sites for hydroxylation is 1. The standard InChI is InChI=1S/C16H19N3O2/c1-12-4-5-15(21-3)14(10-12)18-16(20)19(2)11-13-6-8-17-9-7-13/h4-10H,11H2,1-3H3,(H,18,20). The van der Waals surface area contributed by atoms with E-state index < -0.39 is 0 Å². The average molecular weight is 285 g/mol. The lowest BCUT2D eigenvalue weighted by Gasteiger charge is -2.19. The van der Waals surface area contributed by atoms with Gasteiger partial charge in [-0.15, -0.1) is 0 Å². The molecule has 0 spiro atoms. The van der Waals surface area contributed by atoms with E-state index in [0.29, 0.717) is 18.0 Å². The number of aromatic nitrogens is 1. The highest BCUT2D eigenvalue weighted by molar-refractivity contribution is 5.90. The number of urea groups is 1. The van der Waals surface area contributed by atoms with Crippen LogP contribution in [-0.4, -0.2) is 30.1 Å². The highest BCUT2D eigenvalue weighted by atomic mass is 16.5. The molecule has 0 saturated carbocycles. The van der Waals surface area contributed by atoms with E-state index in [1.165, 1.54) is 0 Å². The van der Waals surface area contributed by atoms with Gasteiger partial charge >= 0.3 is 6.03 Å². The van der Waals surface area contributed by atoms with Gasteiger partial charge in [0.1, 0.15) is 5.75 Å². The molecule has 2 rings (SSSR count). The van der Waals surface area contributed by atoms with Crippen LogP contribution < -0.4 is 10.1 Å². The maximum Gasteiger partial charge on any atom is 0.321 e. The van der Waals surface area contributed by atoms with Crippen molar-refractivity contribution in [2.24, 2.45) is 0 Å². The molecular weight excluding hydrogens is 266 g/mol. The number of nitrogens with one attached hydrogen (secondary N) is 1. The minimum Gasteiger partial charge on any atom is -0.495 e. The molecule has 5 nitrogen and oxygen atoms in total. The van der Waals surface area contributed by atoms with Crippen LogP contribution in [-0.2, 0) is 6.54 Å². The van der Waals surface area contributed by atoms with E-state index in [9.17, 15) is 4.79 Å². The van der Waals surface area contributed by atoms with Gasteiger partial charge < -0.3 is 15.0 Å². The van der Waals surface area contributed by atoms with Crippen molar-refractivity contribution < 1.29 is 9.53 Å². The van der Waals surface area contributed by atoms with Crippen molar-refractivity contribution in [2.45, 2.75) is 13.5 Å². The first kappa shape index (κ1) is 14.8. The van der Waals surface area contributed by atoms with Gasteiger partial charge in [0.15, 0.2) is 0 Å². The zero-order valence-corrected chi connectivity index (χ0v) is 12.5. The maximum absolute atomic E-state index is 12.2. The predicted octanol–water partition coefficient (Wildman–Crippen LogP) is 3.06. The highest BCUT2D eigenvalue weighted by Gasteiger charge is 2.12. The first-order chi connectivity index (χ1) is 10.1.